The Bertz CT molecular complexity index is 1220. The van der Waals surface area contributed by atoms with Crippen molar-refractivity contribution < 1.29 is 109 Å². The molecule has 0 radical (unpaired) electrons. The lowest BCUT2D eigenvalue weighted by atomic mass is 9.94. The maximum atomic E-state index is 12.1. The minimum Gasteiger partial charge on any atom is -0.479 e. The summed E-state index contributed by atoms with van der Waals surface area (Å²) in [5.74, 6) is -3.11. The lowest BCUT2D eigenvalue weighted by molar-refractivity contribution is -0.374. The molecule has 4 saturated heterocycles. The van der Waals surface area contributed by atoms with Crippen molar-refractivity contribution in [3.63, 3.8) is 0 Å². The molecule has 52 heavy (non-hydrogen) atoms. The van der Waals surface area contributed by atoms with E-state index in [0.717, 1.165) is 13.8 Å². The van der Waals surface area contributed by atoms with E-state index in [9.17, 15) is 75.7 Å². The van der Waals surface area contributed by atoms with Crippen molar-refractivity contribution in [2.24, 2.45) is 0 Å². The van der Waals surface area contributed by atoms with E-state index < -0.39 is 160 Å². The third kappa shape index (κ3) is 9.13. The van der Waals surface area contributed by atoms with Crippen LogP contribution in [0.1, 0.15) is 13.8 Å². The molecule has 0 aromatic heterocycles. The topological polar surface area (TPSA) is 383 Å². The molecule has 4 heterocycles. The molecule has 0 aromatic carbocycles. The number of ether oxygens (including phenoxy) is 7. The minimum absolute atomic E-state index is 0.632. The van der Waals surface area contributed by atoms with Crippen molar-refractivity contribution in [3.8, 4) is 0 Å². The van der Waals surface area contributed by atoms with Crippen LogP contribution >= 0.6 is 0 Å². The largest absolute Gasteiger partial charge is 0.479 e. The van der Waals surface area contributed by atoms with E-state index in [1.165, 1.54) is 0 Å². The molecule has 300 valence electrons. The molecule has 4 aliphatic heterocycles. The van der Waals surface area contributed by atoms with Gasteiger partial charge in [-0.1, -0.05) is 0 Å². The number of amides is 2. The summed E-state index contributed by atoms with van der Waals surface area (Å²) in [4.78, 5) is 35.1. The zero-order chi connectivity index (χ0) is 38.8. The van der Waals surface area contributed by atoms with Crippen LogP contribution in [-0.4, -0.2) is 222 Å². The van der Waals surface area contributed by atoms with Crippen molar-refractivity contribution in [3.05, 3.63) is 0 Å². The first kappa shape index (κ1) is 42.4. The number of carbonyl (C=O) groups is 3. The Balaban J connectivity index is 1.50. The van der Waals surface area contributed by atoms with E-state index in [-0.39, 0.29) is 0 Å². The van der Waals surface area contributed by atoms with E-state index in [0.29, 0.717) is 0 Å². The Labute approximate surface area is 293 Å². The average Bonchev–Trinajstić information content (AvgIpc) is 3.08. The van der Waals surface area contributed by atoms with Gasteiger partial charge in [0, 0.05) is 13.8 Å². The predicted octanol–water partition coefficient (Wildman–Crippen LogP) is -9.37. The molecule has 24 heteroatoms. The van der Waals surface area contributed by atoms with Gasteiger partial charge in [0.1, 0.15) is 91.4 Å². The van der Waals surface area contributed by atoms with Crippen molar-refractivity contribution in [1.82, 2.24) is 10.6 Å². The van der Waals surface area contributed by atoms with Crippen molar-refractivity contribution in [1.29, 1.82) is 0 Å². The molecular formula is C28H46N2O22. The van der Waals surface area contributed by atoms with E-state index in [2.05, 4.69) is 10.6 Å². The van der Waals surface area contributed by atoms with Gasteiger partial charge >= 0.3 is 5.97 Å². The van der Waals surface area contributed by atoms with Crippen LogP contribution < -0.4 is 10.6 Å². The second-order valence-electron chi connectivity index (χ2n) is 12.7. The highest BCUT2D eigenvalue weighted by Crippen LogP contribution is 2.33. The fourth-order valence-electron chi connectivity index (χ4n) is 6.23. The molecule has 0 aliphatic carbocycles. The second-order valence-corrected chi connectivity index (χ2v) is 12.7. The maximum absolute atomic E-state index is 12.1. The highest BCUT2D eigenvalue weighted by molar-refractivity contribution is 5.74. The van der Waals surface area contributed by atoms with E-state index in [1.807, 2.05) is 0 Å². The summed E-state index contributed by atoms with van der Waals surface area (Å²) in [6.45, 7) is -0.332. The monoisotopic (exact) mass is 762 g/mol. The van der Waals surface area contributed by atoms with Gasteiger partial charge in [-0.2, -0.15) is 0 Å². The van der Waals surface area contributed by atoms with Crippen LogP contribution in [0.15, 0.2) is 0 Å². The fourth-order valence-corrected chi connectivity index (χ4v) is 6.23. The fraction of sp³-hybridized carbons (Fsp3) is 0.893. The summed E-state index contributed by atoms with van der Waals surface area (Å²) in [6.07, 6.45) is -33.5. The molecule has 24 nitrogen and oxygen atoms in total. The van der Waals surface area contributed by atoms with Crippen LogP contribution in [0, 0.1) is 0 Å². The first-order chi connectivity index (χ1) is 24.4. The van der Waals surface area contributed by atoms with Gasteiger partial charge in [-0.15, -0.1) is 0 Å². The summed E-state index contributed by atoms with van der Waals surface area (Å²) < 4.78 is 38.4. The Morgan fingerprint density at radius 1 is 0.558 bits per heavy atom. The highest BCUT2D eigenvalue weighted by Gasteiger charge is 2.55. The van der Waals surface area contributed by atoms with Gasteiger partial charge in [0.15, 0.2) is 31.3 Å². The lowest BCUT2D eigenvalue weighted by Gasteiger charge is -2.49. The summed E-state index contributed by atoms with van der Waals surface area (Å²) in [5.41, 5.74) is 0. The third-order valence-electron chi connectivity index (χ3n) is 8.96. The van der Waals surface area contributed by atoms with Crippen LogP contribution in [0.3, 0.4) is 0 Å². The summed E-state index contributed by atoms with van der Waals surface area (Å²) >= 11 is 0. The number of aliphatic hydroxyl groups is 11. The van der Waals surface area contributed by atoms with Gasteiger partial charge in [-0.25, -0.2) is 4.79 Å². The van der Waals surface area contributed by atoms with Crippen molar-refractivity contribution in [2.45, 2.75) is 137 Å². The number of rotatable bonds is 12. The van der Waals surface area contributed by atoms with Gasteiger partial charge in [0.05, 0.1) is 19.8 Å². The number of carboxylic acids is 1. The van der Waals surface area contributed by atoms with E-state index in [1.54, 1.807) is 0 Å². The maximum Gasteiger partial charge on any atom is 0.335 e. The third-order valence-corrected chi connectivity index (χ3v) is 8.96. The molecule has 0 aromatic rings. The Hall–Kier alpha value is -2.31. The molecule has 2 amide bonds. The van der Waals surface area contributed by atoms with Crippen LogP contribution in [0.25, 0.3) is 0 Å². The zero-order valence-electron chi connectivity index (χ0n) is 27.6. The van der Waals surface area contributed by atoms with Crippen LogP contribution in [0.2, 0.25) is 0 Å². The van der Waals surface area contributed by atoms with Crippen molar-refractivity contribution >= 4 is 17.8 Å². The average molecular weight is 763 g/mol. The van der Waals surface area contributed by atoms with Gasteiger partial charge in [0.2, 0.25) is 11.8 Å². The Kier molecular flexibility index (Phi) is 14.6. The minimum atomic E-state index is -2.11. The number of aliphatic carboxylic acids is 1. The number of hydrogen-bond acceptors (Lipinski definition) is 21. The number of carboxylic acid groups (broad SMARTS) is 1. The molecular weight excluding hydrogens is 716 g/mol. The summed E-state index contributed by atoms with van der Waals surface area (Å²) in [5, 5.41) is 129. The Morgan fingerprint density at radius 3 is 1.69 bits per heavy atom. The van der Waals surface area contributed by atoms with Crippen molar-refractivity contribution in [2.75, 3.05) is 19.8 Å². The smallest absolute Gasteiger partial charge is 0.335 e. The van der Waals surface area contributed by atoms with E-state index >= 15 is 0 Å². The number of nitrogens with one attached hydrogen (secondary N) is 2. The highest BCUT2D eigenvalue weighted by atomic mass is 16.8. The first-order valence-electron chi connectivity index (χ1n) is 16.1. The number of hydrogen-bond donors (Lipinski definition) is 14. The van der Waals surface area contributed by atoms with Gasteiger partial charge in [0.25, 0.3) is 0 Å². The standard InChI is InChI=1S/C28H46N2O22/c1-6(33)29-11-15(37)13(35)10(47-25(11)45)5-46-26-12(30-7(2)34)16(38)21(9(4-32)49-26)50-28-20(42)22(14(36)8(3-31)48-28)51-27-19(41)17(39)18(40)23(52-27)24(43)44/h8-23,25-28,31-32,35-42,45H,3-5H2,1-2H3,(H,29,33)(H,30,34)(H,43,44)/t8-,9-,10-,11-,12-,13-,14+,15-,16-,17+,18+,19-,20-,21-,22+,23+,25?,26-,27-,28+/m1/s1. The second kappa shape index (κ2) is 17.9. The molecule has 4 aliphatic rings. The van der Waals surface area contributed by atoms with Crippen LogP contribution in [-0.2, 0) is 47.5 Å². The molecule has 4 fully saturated rings. The number of carbonyl (C=O) groups excluding carboxylic acids is 2. The van der Waals surface area contributed by atoms with Crippen LogP contribution in [0.5, 0.6) is 0 Å². The van der Waals surface area contributed by atoms with Gasteiger partial charge < -0.3 is 105 Å². The predicted molar refractivity (Wildman–Crippen MR) is 158 cm³/mol. The molecule has 1 unspecified atom stereocenters. The molecule has 14 N–H and O–H groups in total. The molecule has 20 atom stereocenters. The van der Waals surface area contributed by atoms with Gasteiger partial charge in [-0.05, 0) is 0 Å². The first-order valence-corrected chi connectivity index (χ1v) is 16.1. The zero-order valence-corrected chi connectivity index (χ0v) is 27.6. The van der Waals surface area contributed by atoms with E-state index in [4.69, 9.17) is 33.2 Å². The normalized spacial score (nSPS) is 47.0. The molecule has 4 rings (SSSR count). The quantitative estimate of drug-likeness (QED) is 0.0877. The summed E-state index contributed by atoms with van der Waals surface area (Å²) in [7, 11) is 0. The van der Waals surface area contributed by atoms with Crippen LogP contribution in [0.4, 0.5) is 0 Å². The Morgan fingerprint density at radius 2 is 1.12 bits per heavy atom. The lowest BCUT2D eigenvalue weighted by Crippen LogP contribution is -2.69. The molecule has 0 saturated carbocycles. The molecule has 0 bridgehead atoms. The summed E-state index contributed by atoms with van der Waals surface area (Å²) in [6, 6.07) is -2.93. The SMILES string of the molecule is CC(=O)N[C@H]1[C@H](OC[C@H]2OC(O)[C@H](NC(C)=O)[C@@H](O)[C@@H]2O)O[C@H](CO)[C@@H](O[C@@H]2O[C@H](CO)[C@H](O)[C@H](O[C@@H]3O[C@H](C(=O)O)[C@@H](O)[C@H](O)[C@H]3O)[C@H]2O)[C@@H]1O. The number of aliphatic hydroxyl groups excluding tert-OH is 11. The van der Waals surface area contributed by atoms with Gasteiger partial charge in [-0.3, -0.25) is 9.59 Å². The molecule has 0 spiro atoms.